The van der Waals surface area contributed by atoms with Crippen molar-refractivity contribution >= 4 is 11.8 Å². The molecule has 6 nitrogen and oxygen atoms in total. The molecular weight excluding hydrogens is 344 g/mol. The molecule has 1 aromatic heterocycles. The molecule has 2 N–H and O–H groups in total. The summed E-state index contributed by atoms with van der Waals surface area (Å²) in [4.78, 5) is 25.3. The van der Waals surface area contributed by atoms with E-state index in [1.807, 2.05) is 48.5 Å². The van der Waals surface area contributed by atoms with Gasteiger partial charge in [-0.2, -0.15) is 0 Å². The first kappa shape index (κ1) is 16.9. The number of amides is 2. The number of rotatable bonds is 2. The lowest BCUT2D eigenvalue weighted by atomic mass is 9.87. The van der Waals surface area contributed by atoms with Crippen LogP contribution in [-0.2, 0) is 4.79 Å². The molecule has 2 aromatic carbocycles. The lowest BCUT2D eigenvalue weighted by molar-refractivity contribution is -0.122. The molecule has 4 rings (SSSR count). The van der Waals surface area contributed by atoms with Gasteiger partial charge in [-0.05, 0) is 32.0 Å². The average Bonchev–Trinajstić information content (AvgIpc) is 3.02. The Morgan fingerprint density at radius 3 is 2.04 bits per heavy atom. The average molecular weight is 362 g/mol. The van der Waals surface area contributed by atoms with E-state index in [4.69, 9.17) is 9.15 Å². The molecule has 6 heteroatoms. The molecule has 136 valence electrons. The maximum atomic E-state index is 12.9. The normalized spacial score (nSPS) is 12.5. The minimum atomic E-state index is -0.585. The Hall–Kier alpha value is -3.54. The Labute approximate surface area is 156 Å². The minimum Gasteiger partial charge on any atom is -0.466 e. The molecule has 0 saturated heterocycles. The van der Waals surface area contributed by atoms with E-state index >= 15 is 0 Å². The lowest BCUT2D eigenvalue weighted by Crippen LogP contribution is -2.44. The summed E-state index contributed by atoms with van der Waals surface area (Å²) in [7, 11) is 0. The van der Waals surface area contributed by atoms with Crippen LogP contribution in [0.4, 0.5) is 0 Å². The maximum absolute atomic E-state index is 12.9. The van der Waals surface area contributed by atoms with Gasteiger partial charge in [-0.15, -0.1) is 0 Å². The highest BCUT2D eigenvalue weighted by atomic mass is 16.5. The Kier molecular flexibility index (Phi) is 4.16. The highest BCUT2D eigenvalue weighted by Crippen LogP contribution is 2.43. The molecule has 2 amide bonds. The Balaban J connectivity index is 1.59. The number of carbonyl (C=O) groups excluding carboxylic acids is 2. The number of benzene rings is 2. The molecule has 0 radical (unpaired) electrons. The molecule has 27 heavy (non-hydrogen) atoms. The zero-order valence-electron chi connectivity index (χ0n) is 14.9. The van der Waals surface area contributed by atoms with Crippen LogP contribution in [0.1, 0.15) is 38.9 Å². The van der Waals surface area contributed by atoms with Crippen LogP contribution in [0, 0.1) is 13.8 Å². The first-order valence-electron chi connectivity index (χ1n) is 8.57. The number of fused-ring (bicyclic) bond motifs is 2. The van der Waals surface area contributed by atoms with Gasteiger partial charge >= 0.3 is 0 Å². The van der Waals surface area contributed by atoms with Crippen LogP contribution in [0.25, 0.3) is 0 Å². The molecular formula is C21H18N2O4. The highest BCUT2D eigenvalue weighted by molar-refractivity contribution is 5.97. The number of furan rings is 1. The second kappa shape index (κ2) is 6.64. The zero-order valence-corrected chi connectivity index (χ0v) is 14.9. The fourth-order valence-corrected chi connectivity index (χ4v) is 3.31. The summed E-state index contributed by atoms with van der Waals surface area (Å²) in [5, 5.41) is 0. The van der Waals surface area contributed by atoms with E-state index < -0.39 is 11.8 Å². The Bertz CT molecular complexity index is 993. The third-order valence-corrected chi connectivity index (χ3v) is 4.53. The molecule has 1 aliphatic heterocycles. The van der Waals surface area contributed by atoms with Crippen molar-refractivity contribution < 1.29 is 18.7 Å². The van der Waals surface area contributed by atoms with E-state index in [9.17, 15) is 9.59 Å². The van der Waals surface area contributed by atoms with Crippen LogP contribution in [0.15, 0.2) is 59.0 Å². The van der Waals surface area contributed by atoms with E-state index in [0.717, 1.165) is 11.1 Å². The smallest absolute Gasteiger partial charge is 0.273 e. The number of nitrogens with one attached hydrogen (secondary N) is 2. The number of hydrazine groups is 1. The fraction of sp³-hybridized carbons (Fsp3) is 0.143. The quantitative estimate of drug-likeness (QED) is 0.683. The van der Waals surface area contributed by atoms with Gasteiger partial charge in [0, 0.05) is 11.1 Å². The van der Waals surface area contributed by atoms with Crippen molar-refractivity contribution in [1.82, 2.24) is 10.9 Å². The van der Waals surface area contributed by atoms with Crippen molar-refractivity contribution in [2.24, 2.45) is 0 Å². The van der Waals surface area contributed by atoms with E-state index in [-0.39, 0.29) is 5.91 Å². The molecule has 0 spiro atoms. The van der Waals surface area contributed by atoms with Gasteiger partial charge in [0.15, 0.2) is 0 Å². The molecule has 0 unspecified atom stereocenters. The first-order valence-corrected chi connectivity index (χ1v) is 8.57. The van der Waals surface area contributed by atoms with Gasteiger partial charge in [-0.3, -0.25) is 20.4 Å². The first-order chi connectivity index (χ1) is 13.0. The Morgan fingerprint density at radius 2 is 1.48 bits per heavy atom. The number of para-hydroxylation sites is 2. The molecule has 0 fully saturated rings. The van der Waals surface area contributed by atoms with Gasteiger partial charge in [-0.1, -0.05) is 36.4 Å². The lowest BCUT2D eigenvalue weighted by Gasteiger charge is -2.27. The van der Waals surface area contributed by atoms with Crippen molar-refractivity contribution in [1.29, 1.82) is 0 Å². The van der Waals surface area contributed by atoms with Gasteiger partial charge in [-0.25, -0.2) is 0 Å². The van der Waals surface area contributed by atoms with Gasteiger partial charge in [0.05, 0.1) is 11.5 Å². The van der Waals surface area contributed by atoms with Crippen molar-refractivity contribution in [3.05, 3.63) is 82.8 Å². The Morgan fingerprint density at radius 1 is 0.889 bits per heavy atom. The molecule has 0 aliphatic carbocycles. The molecule has 0 atom stereocenters. The van der Waals surface area contributed by atoms with E-state index in [1.54, 1.807) is 19.9 Å². The maximum Gasteiger partial charge on any atom is 0.273 e. The van der Waals surface area contributed by atoms with Crippen LogP contribution < -0.4 is 15.6 Å². The standard InChI is InChI=1S/C21H18N2O4/c1-12-11-16(13(2)26-12)20(24)22-23-21(25)19-14-7-3-5-9-17(14)27-18-10-6-4-8-15(18)19/h3-11,19H,1-2H3,(H,22,24)(H,23,25). The summed E-state index contributed by atoms with van der Waals surface area (Å²) >= 11 is 0. The zero-order chi connectivity index (χ0) is 19.0. The number of hydrogen-bond donors (Lipinski definition) is 2. The number of carbonyl (C=O) groups is 2. The van der Waals surface area contributed by atoms with Crippen LogP contribution in [0.3, 0.4) is 0 Å². The third-order valence-electron chi connectivity index (χ3n) is 4.53. The summed E-state index contributed by atoms with van der Waals surface area (Å²) in [6.07, 6.45) is 0. The molecule has 0 saturated carbocycles. The van der Waals surface area contributed by atoms with Crippen molar-refractivity contribution in [3.8, 4) is 11.5 Å². The van der Waals surface area contributed by atoms with Crippen molar-refractivity contribution in [2.45, 2.75) is 19.8 Å². The monoisotopic (exact) mass is 362 g/mol. The van der Waals surface area contributed by atoms with Gasteiger partial charge in [0.2, 0.25) is 0 Å². The number of aryl methyl sites for hydroxylation is 2. The van der Waals surface area contributed by atoms with Gasteiger partial charge < -0.3 is 9.15 Å². The molecule has 2 heterocycles. The second-order valence-electron chi connectivity index (χ2n) is 6.38. The second-order valence-corrected chi connectivity index (χ2v) is 6.38. The summed E-state index contributed by atoms with van der Waals surface area (Å²) in [5.74, 6) is 1.04. The molecule has 1 aliphatic rings. The van der Waals surface area contributed by atoms with Gasteiger partial charge in [0.25, 0.3) is 11.8 Å². The molecule has 0 bridgehead atoms. The summed E-state index contributed by atoms with van der Waals surface area (Å²) in [6.45, 7) is 3.47. The van der Waals surface area contributed by atoms with E-state index in [2.05, 4.69) is 10.9 Å². The van der Waals surface area contributed by atoms with Crippen LogP contribution in [-0.4, -0.2) is 11.8 Å². The highest BCUT2D eigenvalue weighted by Gasteiger charge is 2.32. The van der Waals surface area contributed by atoms with Gasteiger partial charge in [0.1, 0.15) is 23.0 Å². The minimum absolute atomic E-state index is 0.343. The largest absolute Gasteiger partial charge is 0.466 e. The predicted molar refractivity (Wildman–Crippen MR) is 98.6 cm³/mol. The summed E-state index contributed by atoms with van der Waals surface area (Å²) < 4.78 is 11.3. The van der Waals surface area contributed by atoms with Crippen LogP contribution >= 0.6 is 0 Å². The predicted octanol–water partition coefficient (Wildman–Crippen LogP) is 3.60. The van der Waals surface area contributed by atoms with E-state index in [0.29, 0.717) is 28.6 Å². The summed E-state index contributed by atoms with van der Waals surface area (Å²) in [6, 6.07) is 16.4. The van der Waals surface area contributed by atoms with Crippen LogP contribution in [0.2, 0.25) is 0 Å². The van der Waals surface area contributed by atoms with Crippen molar-refractivity contribution in [2.75, 3.05) is 0 Å². The van der Waals surface area contributed by atoms with Crippen LogP contribution in [0.5, 0.6) is 11.5 Å². The van der Waals surface area contributed by atoms with Crippen molar-refractivity contribution in [3.63, 3.8) is 0 Å². The summed E-state index contributed by atoms with van der Waals surface area (Å²) in [5.41, 5.74) is 6.89. The third kappa shape index (κ3) is 3.06. The number of ether oxygens (including phenoxy) is 1. The fourth-order valence-electron chi connectivity index (χ4n) is 3.31. The molecule has 3 aromatic rings. The topological polar surface area (TPSA) is 80.6 Å². The van der Waals surface area contributed by atoms with E-state index in [1.165, 1.54) is 0 Å². The SMILES string of the molecule is Cc1cc(C(=O)NNC(=O)C2c3ccccc3Oc3ccccc32)c(C)o1. The number of hydrogen-bond acceptors (Lipinski definition) is 4.